The molecule has 0 fully saturated rings. The Morgan fingerprint density at radius 2 is 1.54 bits per heavy atom. The number of aromatic hydroxyl groups is 2. The second-order valence-corrected chi connectivity index (χ2v) is 10.4. The van der Waals surface area contributed by atoms with Crippen LogP contribution in [0.4, 0.5) is 0 Å². The van der Waals surface area contributed by atoms with Crippen molar-refractivity contribution in [3.63, 3.8) is 0 Å². The van der Waals surface area contributed by atoms with Gasteiger partial charge >= 0.3 is 23.9 Å². The van der Waals surface area contributed by atoms with Crippen molar-refractivity contribution in [2.75, 3.05) is 0 Å². The lowest BCUT2D eigenvalue weighted by Crippen LogP contribution is -2.27. The molecule has 0 aliphatic rings. The molecule has 0 amide bonds. The number of phenols is 2. The van der Waals surface area contributed by atoms with Crippen LogP contribution in [-0.2, 0) is 25.5 Å². The summed E-state index contributed by atoms with van der Waals surface area (Å²) in [6, 6.07) is 6.12. The first kappa shape index (κ1) is 30.9. The predicted octanol–water partition coefficient (Wildman–Crippen LogP) is 4.88. The molecule has 2 aromatic rings. The third kappa shape index (κ3) is 8.59. The highest BCUT2D eigenvalue weighted by Crippen LogP contribution is 2.34. The van der Waals surface area contributed by atoms with Crippen LogP contribution in [0.15, 0.2) is 42.5 Å². The van der Waals surface area contributed by atoms with Crippen molar-refractivity contribution in [1.29, 1.82) is 0 Å². The molecule has 2 aromatic carbocycles. The Hall–Kier alpha value is -4.34. The maximum atomic E-state index is 12.8. The lowest BCUT2D eigenvalue weighted by Gasteiger charge is -2.20. The monoisotopic (exact) mass is 542 g/mol. The van der Waals surface area contributed by atoms with Crippen LogP contribution < -0.4 is 14.2 Å². The number of phenolic OH excluding ortho intramolecular Hbond substituents is 2. The van der Waals surface area contributed by atoms with E-state index in [1.165, 1.54) is 38.1 Å². The van der Waals surface area contributed by atoms with Crippen LogP contribution in [0.3, 0.4) is 0 Å². The topological polar surface area (TPSA) is 146 Å². The minimum Gasteiger partial charge on any atom is -0.508 e. The highest BCUT2D eigenvalue weighted by atomic mass is 16.6. The van der Waals surface area contributed by atoms with Gasteiger partial charge in [0, 0.05) is 11.6 Å². The van der Waals surface area contributed by atoms with Gasteiger partial charge in [0.1, 0.15) is 22.8 Å². The third-order valence-electron chi connectivity index (χ3n) is 5.19. The molecular formula is C29H34O10. The van der Waals surface area contributed by atoms with Gasteiger partial charge in [-0.1, -0.05) is 13.5 Å². The van der Waals surface area contributed by atoms with Gasteiger partial charge in [-0.25, -0.2) is 9.59 Å². The number of ether oxygens (including phenoxy) is 4. The van der Waals surface area contributed by atoms with Crippen molar-refractivity contribution < 1.29 is 48.3 Å². The number of carbonyl (C=O) groups is 4. The summed E-state index contributed by atoms with van der Waals surface area (Å²) in [6.07, 6.45) is -0.533. The van der Waals surface area contributed by atoms with Crippen LogP contribution in [0, 0.1) is 11.3 Å². The van der Waals surface area contributed by atoms with E-state index >= 15 is 0 Å². The van der Waals surface area contributed by atoms with Crippen LogP contribution in [0.25, 0.3) is 0 Å². The average Bonchev–Trinajstić information content (AvgIpc) is 2.81. The summed E-state index contributed by atoms with van der Waals surface area (Å²) >= 11 is 0. The fourth-order valence-corrected chi connectivity index (χ4v) is 3.00. The van der Waals surface area contributed by atoms with E-state index in [-0.39, 0.29) is 51.9 Å². The molecule has 0 aliphatic carbocycles. The smallest absolute Gasteiger partial charge is 0.342 e. The predicted molar refractivity (Wildman–Crippen MR) is 141 cm³/mol. The van der Waals surface area contributed by atoms with Crippen LogP contribution in [-0.4, -0.2) is 40.2 Å². The van der Waals surface area contributed by atoms with Crippen LogP contribution >= 0.6 is 0 Å². The molecule has 2 rings (SSSR count). The number of rotatable bonds is 9. The number of hydrogen-bond acceptors (Lipinski definition) is 10. The zero-order chi connectivity index (χ0) is 29.7. The molecule has 2 N–H and O–H groups in total. The molecule has 0 bridgehead atoms. The van der Waals surface area contributed by atoms with Crippen molar-refractivity contribution in [2.45, 2.75) is 61.0 Å². The average molecular weight is 543 g/mol. The molecule has 0 heterocycles. The maximum Gasteiger partial charge on any atom is 0.342 e. The molecular weight excluding hydrogens is 508 g/mol. The van der Waals surface area contributed by atoms with Crippen LogP contribution in [0.5, 0.6) is 28.7 Å². The van der Waals surface area contributed by atoms with Crippen molar-refractivity contribution in [3.05, 3.63) is 53.6 Å². The summed E-state index contributed by atoms with van der Waals surface area (Å²) in [7, 11) is 0. The van der Waals surface area contributed by atoms with E-state index in [0.717, 1.165) is 6.07 Å². The Labute approximate surface area is 227 Å². The molecule has 0 spiro atoms. The molecule has 0 saturated heterocycles. The third-order valence-corrected chi connectivity index (χ3v) is 5.19. The largest absolute Gasteiger partial charge is 0.508 e. The molecule has 0 radical (unpaired) electrons. The van der Waals surface area contributed by atoms with Gasteiger partial charge in [-0.2, -0.15) is 0 Å². The first-order chi connectivity index (χ1) is 18.0. The van der Waals surface area contributed by atoms with Gasteiger partial charge in [-0.05, 0) is 77.8 Å². The molecule has 10 heteroatoms. The van der Waals surface area contributed by atoms with Crippen molar-refractivity contribution >= 4 is 23.9 Å². The Morgan fingerprint density at radius 3 is 2.10 bits per heavy atom. The Kier molecular flexibility index (Phi) is 9.87. The number of hydrogen-bond donors (Lipinski definition) is 2. The summed E-state index contributed by atoms with van der Waals surface area (Å²) in [6.45, 7) is 14.7. The molecule has 39 heavy (non-hydrogen) atoms. The summed E-state index contributed by atoms with van der Waals surface area (Å²) in [4.78, 5) is 49.7. The van der Waals surface area contributed by atoms with E-state index in [4.69, 9.17) is 18.9 Å². The highest BCUT2D eigenvalue weighted by molar-refractivity contribution is 5.95. The van der Waals surface area contributed by atoms with Gasteiger partial charge in [-0.15, -0.1) is 0 Å². The SMILES string of the molecule is C=C(C)C(=O)Oc1ccc(O)c(OC(=O)C(C)Cc2cc(OC(=O)C(C)(C)C)c(C(=O)OC(C)C)cc2O)c1. The fraction of sp³-hybridized carbons (Fsp3) is 0.379. The summed E-state index contributed by atoms with van der Waals surface area (Å²) in [5.74, 6) is -4.76. The minimum absolute atomic E-state index is 0.0306. The molecule has 1 atom stereocenters. The zero-order valence-electron chi connectivity index (χ0n) is 23.1. The molecule has 210 valence electrons. The summed E-state index contributed by atoms with van der Waals surface area (Å²) < 4.78 is 21.1. The van der Waals surface area contributed by atoms with E-state index in [2.05, 4.69) is 6.58 Å². The normalized spacial score (nSPS) is 11.9. The van der Waals surface area contributed by atoms with Crippen molar-refractivity contribution in [3.8, 4) is 28.7 Å². The second-order valence-electron chi connectivity index (χ2n) is 10.4. The highest BCUT2D eigenvalue weighted by Gasteiger charge is 2.28. The molecule has 0 aromatic heterocycles. The minimum atomic E-state index is -0.885. The fourth-order valence-electron chi connectivity index (χ4n) is 3.00. The van der Waals surface area contributed by atoms with Gasteiger partial charge in [-0.3, -0.25) is 9.59 Å². The van der Waals surface area contributed by atoms with E-state index in [9.17, 15) is 29.4 Å². The summed E-state index contributed by atoms with van der Waals surface area (Å²) in [5, 5.41) is 20.7. The molecule has 1 unspecified atom stereocenters. The van der Waals surface area contributed by atoms with Gasteiger partial charge < -0.3 is 29.2 Å². The number of carbonyl (C=O) groups excluding carboxylic acids is 4. The van der Waals surface area contributed by atoms with Crippen molar-refractivity contribution in [2.24, 2.45) is 11.3 Å². The van der Waals surface area contributed by atoms with Crippen LogP contribution in [0.1, 0.15) is 64.4 Å². The quantitative estimate of drug-likeness (QED) is 0.255. The van der Waals surface area contributed by atoms with E-state index in [1.807, 2.05) is 0 Å². The zero-order valence-corrected chi connectivity index (χ0v) is 23.1. The second kappa shape index (κ2) is 12.5. The Morgan fingerprint density at radius 1 is 0.897 bits per heavy atom. The standard InChI is InChI=1S/C29H34O10/c1-15(2)25(32)37-19-9-10-21(30)24(13-19)38-26(33)17(5)11-18-12-23(39-28(35)29(6,7)8)20(14-22(18)31)27(34)36-16(3)4/h9-10,12-14,16-17,30-31H,1,11H2,2-8H3. The summed E-state index contributed by atoms with van der Waals surface area (Å²) in [5.41, 5.74) is -0.676. The molecule has 0 saturated carbocycles. The first-order valence-electron chi connectivity index (χ1n) is 12.2. The van der Waals surface area contributed by atoms with Crippen molar-refractivity contribution in [1.82, 2.24) is 0 Å². The number of benzene rings is 2. The van der Waals surface area contributed by atoms with Gasteiger partial charge in [0.05, 0.1) is 17.4 Å². The molecule has 10 nitrogen and oxygen atoms in total. The Balaban J connectivity index is 2.31. The van der Waals surface area contributed by atoms with E-state index < -0.39 is 41.3 Å². The first-order valence-corrected chi connectivity index (χ1v) is 12.2. The van der Waals surface area contributed by atoms with E-state index in [0.29, 0.717) is 0 Å². The Bertz CT molecular complexity index is 1280. The molecule has 0 aliphatic heterocycles. The number of esters is 4. The van der Waals surface area contributed by atoms with E-state index in [1.54, 1.807) is 34.6 Å². The van der Waals surface area contributed by atoms with Gasteiger partial charge in [0.2, 0.25) is 0 Å². The van der Waals surface area contributed by atoms with Gasteiger partial charge in [0.15, 0.2) is 11.5 Å². The lowest BCUT2D eigenvalue weighted by atomic mass is 9.96. The lowest BCUT2D eigenvalue weighted by molar-refractivity contribution is -0.143. The maximum absolute atomic E-state index is 12.8. The van der Waals surface area contributed by atoms with Gasteiger partial charge in [0.25, 0.3) is 0 Å². The van der Waals surface area contributed by atoms with Crippen LogP contribution in [0.2, 0.25) is 0 Å².